The van der Waals surface area contributed by atoms with Crippen molar-refractivity contribution in [2.24, 2.45) is 5.92 Å². The quantitative estimate of drug-likeness (QED) is 0.877. The lowest BCUT2D eigenvalue weighted by molar-refractivity contribution is -0.200. The number of carbonyl (C=O) groups is 1. The van der Waals surface area contributed by atoms with Gasteiger partial charge in [-0.15, -0.1) is 11.3 Å². The van der Waals surface area contributed by atoms with Gasteiger partial charge in [0.1, 0.15) is 5.01 Å². The fourth-order valence-corrected chi connectivity index (χ4v) is 5.46. The van der Waals surface area contributed by atoms with Crippen molar-refractivity contribution in [1.29, 1.82) is 0 Å². The Morgan fingerprint density at radius 2 is 2.04 bits per heavy atom. The van der Waals surface area contributed by atoms with Crippen molar-refractivity contribution in [2.45, 2.75) is 36.9 Å². The molecule has 3 aliphatic rings. The average molecular weight is 369 g/mol. The molecule has 1 aliphatic carbocycles. The Bertz CT molecular complexity index is 785. The number of aliphatic hydroxyl groups is 1. The van der Waals surface area contributed by atoms with Crippen LogP contribution in [0.2, 0.25) is 0 Å². The van der Waals surface area contributed by atoms with Crippen LogP contribution in [0.15, 0.2) is 41.9 Å². The fourth-order valence-electron chi connectivity index (χ4n) is 4.85. The second kappa shape index (κ2) is 6.15. The zero-order valence-electron chi connectivity index (χ0n) is 14.6. The zero-order valence-corrected chi connectivity index (χ0v) is 15.4. The summed E-state index contributed by atoms with van der Waals surface area (Å²) in [6, 6.07) is 10.5. The van der Waals surface area contributed by atoms with Crippen LogP contribution in [-0.2, 0) is 11.3 Å². The lowest BCUT2D eigenvalue weighted by Crippen LogP contribution is -2.84. The summed E-state index contributed by atoms with van der Waals surface area (Å²) in [6.07, 6.45) is 3.93. The second-order valence-electron chi connectivity index (χ2n) is 7.76. The van der Waals surface area contributed by atoms with Gasteiger partial charge >= 0.3 is 0 Å². The highest BCUT2D eigenvalue weighted by atomic mass is 32.1. The van der Waals surface area contributed by atoms with Crippen molar-refractivity contribution in [1.82, 2.24) is 14.8 Å². The summed E-state index contributed by atoms with van der Waals surface area (Å²) >= 11 is 1.65. The predicted molar refractivity (Wildman–Crippen MR) is 99.7 cm³/mol. The van der Waals surface area contributed by atoms with Crippen LogP contribution in [0.5, 0.6) is 0 Å². The SMILES string of the molecule is O=C(C1CC1)N1CC2(C1)[C@@H](c1ccccc1)[C@@H](CO)N2Cc1nccs1. The standard InChI is InChI=1S/C20H23N3O2S/c24-11-16-18(14-4-2-1-3-5-14)20(23(16)10-17-21-8-9-26-17)12-22(13-20)19(25)15-6-7-15/h1-5,8-9,15-16,18,24H,6-7,10-13H2/t16-,18+/m1/s1. The van der Waals surface area contributed by atoms with Gasteiger partial charge in [-0.2, -0.15) is 0 Å². The molecule has 0 bridgehead atoms. The van der Waals surface area contributed by atoms with Gasteiger partial charge in [0.25, 0.3) is 0 Å². The summed E-state index contributed by atoms with van der Waals surface area (Å²) in [7, 11) is 0. The Balaban J connectivity index is 1.43. The Morgan fingerprint density at radius 3 is 2.65 bits per heavy atom. The molecule has 26 heavy (non-hydrogen) atoms. The van der Waals surface area contributed by atoms with Gasteiger partial charge in [-0.25, -0.2) is 4.98 Å². The van der Waals surface area contributed by atoms with Crippen molar-refractivity contribution < 1.29 is 9.90 Å². The first-order valence-electron chi connectivity index (χ1n) is 9.32. The van der Waals surface area contributed by atoms with Gasteiger partial charge in [-0.3, -0.25) is 9.69 Å². The number of likely N-dealkylation sites (tertiary alicyclic amines) is 2. The number of thiazole rings is 1. The molecule has 0 unspecified atom stereocenters. The molecular formula is C20H23N3O2S. The Kier molecular flexibility index (Phi) is 3.88. The molecule has 2 atom stereocenters. The van der Waals surface area contributed by atoms with E-state index in [-0.39, 0.29) is 30.0 Å². The molecule has 2 aromatic rings. The highest BCUT2D eigenvalue weighted by molar-refractivity contribution is 7.09. The zero-order chi connectivity index (χ0) is 17.7. The highest BCUT2D eigenvalue weighted by Crippen LogP contribution is 2.55. The molecule has 2 saturated heterocycles. The van der Waals surface area contributed by atoms with Crippen molar-refractivity contribution in [3.05, 3.63) is 52.5 Å². The molecule has 5 rings (SSSR count). The highest BCUT2D eigenvalue weighted by Gasteiger charge is 2.66. The number of benzene rings is 1. The van der Waals surface area contributed by atoms with Crippen LogP contribution in [0.1, 0.15) is 29.3 Å². The number of aromatic nitrogens is 1. The number of hydrogen-bond donors (Lipinski definition) is 1. The first-order chi connectivity index (χ1) is 12.7. The molecule has 0 radical (unpaired) electrons. The van der Waals surface area contributed by atoms with E-state index in [9.17, 15) is 9.90 Å². The minimum Gasteiger partial charge on any atom is -0.395 e. The molecule has 1 spiro atoms. The summed E-state index contributed by atoms with van der Waals surface area (Å²) in [4.78, 5) is 21.3. The molecule has 2 aliphatic heterocycles. The number of nitrogens with zero attached hydrogens (tertiary/aromatic N) is 3. The number of amides is 1. The van der Waals surface area contributed by atoms with Crippen LogP contribution in [0, 0.1) is 5.92 Å². The van der Waals surface area contributed by atoms with Gasteiger partial charge in [0.05, 0.1) is 18.7 Å². The monoisotopic (exact) mass is 369 g/mol. The average Bonchev–Trinajstić information content (AvgIpc) is 3.34. The van der Waals surface area contributed by atoms with Crippen molar-refractivity contribution in [3.8, 4) is 0 Å². The van der Waals surface area contributed by atoms with Gasteiger partial charge in [-0.05, 0) is 18.4 Å². The number of aliphatic hydroxyl groups excluding tert-OH is 1. The Labute approximate surface area is 157 Å². The summed E-state index contributed by atoms with van der Waals surface area (Å²) < 4.78 is 0. The third-order valence-corrected chi connectivity index (χ3v) is 7.00. The third-order valence-electron chi connectivity index (χ3n) is 6.24. The van der Waals surface area contributed by atoms with Crippen molar-refractivity contribution >= 4 is 17.2 Å². The molecule has 1 aromatic carbocycles. The smallest absolute Gasteiger partial charge is 0.225 e. The topological polar surface area (TPSA) is 56.7 Å². The van der Waals surface area contributed by atoms with Crippen LogP contribution in [-0.4, -0.2) is 57.1 Å². The maximum absolute atomic E-state index is 12.5. The molecule has 1 aromatic heterocycles. The number of hydrogen-bond acceptors (Lipinski definition) is 5. The van der Waals surface area contributed by atoms with Crippen LogP contribution in [0.3, 0.4) is 0 Å². The maximum Gasteiger partial charge on any atom is 0.225 e. The van der Waals surface area contributed by atoms with Gasteiger partial charge in [0, 0.05) is 42.5 Å². The molecule has 1 saturated carbocycles. The fraction of sp³-hybridized carbons (Fsp3) is 0.500. The maximum atomic E-state index is 12.5. The summed E-state index contributed by atoms with van der Waals surface area (Å²) in [5.41, 5.74) is 1.20. The van der Waals surface area contributed by atoms with E-state index in [2.05, 4.69) is 34.1 Å². The van der Waals surface area contributed by atoms with Gasteiger partial charge in [-0.1, -0.05) is 30.3 Å². The van der Waals surface area contributed by atoms with Crippen LogP contribution in [0.4, 0.5) is 0 Å². The van der Waals surface area contributed by atoms with Gasteiger partial charge < -0.3 is 10.0 Å². The number of carbonyl (C=O) groups excluding carboxylic acids is 1. The summed E-state index contributed by atoms with van der Waals surface area (Å²) in [6.45, 7) is 2.41. The molecule has 3 fully saturated rings. The molecular weight excluding hydrogens is 346 g/mol. The van der Waals surface area contributed by atoms with Crippen LogP contribution in [0.25, 0.3) is 0 Å². The van der Waals surface area contributed by atoms with E-state index in [4.69, 9.17) is 0 Å². The van der Waals surface area contributed by atoms with E-state index in [1.807, 2.05) is 22.5 Å². The minimum absolute atomic E-state index is 0.0645. The van der Waals surface area contributed by atoms with Gasteiger partial charge in [0.15, 0.2) is 0 Å². The van der Waals surface area contributed by atoms with Crippen molar-refractivity contribution in [2.75, 3.05) is 19.7 Å². The molecule has 6 heteroatoms. The second-order valence-corrected chi connectivity index (χ2v) is 8.74. The van der Waals surface area contributed by atoms with E-state index >= 15 is 0 Å². The largest absolute Gasteiger partial charge is 0.395 e. The predicted octanol–water partition coefficient (Wildman–Crippen LogP) is 2.09. The molecule has 5 nitrogen and oxygen atoms in total. The van der Waals surface area contributed by atoms with E-state index in [0.29, 0.717) is 5.91 Å². The Morgan fingerprint density at radius 1 is 1.27 bits per heavy atom. The van der Waals surface area contributed by atoms with E-state index < -0.39 is 0 Å². The van der Waals surface area contributed by atoms with E-state index in [1.54, 1.807) is 11.3 Å². The van der Waals surface area contributed by atoms with Gasteiger partial charge in [0.2, 0.25) is 5.91 Å². The first-order valence-corrected chi connectivity index (χ1v) is 10.2. The normalized spacial score (nSPS) is 27.2. The van der Waals surface area contributed by atoms with E-state index in [0.717, 1.165) is 37.5 Å². The Hall–Kier alpha value is -1.76. The first kappa shape index (κ1) is 16.4. The summed E-state index contributed by atoms with van der Waals surface area (Å²) in [5.74, 6) is 0.852. The van der Waals surface area contributed by atoms with Crippen molar-refractivity contribution in [3.63, 3.8) is 0 Å². The number of rotatable bonds is 5. The molecule has 1 N–H and O–H groups in total. The minimum atomic E-state index is -0.0645. The van der Waals surface area contributed by atoms with Crippen LogP contribution >= 0.6 is 11.3 Å². The molecule has 3 heterocycles. The lowest BCUT2D eigenvalue weighted by atomic mass is 9.60. The van der Waals surface area contributed by atoms with E-state index in [1.165, 1.54) is 5.56 Å². The molecule has 1 amide bonds. The molecule has 136 valence electrons. The van der Waals surface area contributed by atoms with Crippen LogP contribution < -0.4 is 0 Å². The summed E-state index contributed by atoms with van der Waals surface area (Å²) in [5, 5.41) is 13.2. The third kappa shape index (κ3) is 2.43. The lowest BCUT2D eigenvalue weighted by Gasteiger charge is -2.70.